The zero-order valence-corrected chi connectivity index (χ0v) is 16.3. The van der Waals surface area contributed by atoms with E-state index < -0.39 is 5.67 Å². The zero-order chi connectivity index (χ0) is 17.8. The summed E-state index contributed by atoms with van der Waals surface area (Å²) in [5, 5.41) is 7.82. The van der Waals surface area contributed by atoms with Crippen LogP contribution in [0.5, 0.6) is 0 Å². The fourth-order valence-corrected chi connectivity index (χ4v) is 5.10. The Morgan fingerprint density at radius 3 is 2.46 bits per heavy atom. The van der Waals surface area contributed by atoms with Crippen molar-refractivity contribution in [2.45, 2.75) is 62.5 Å². The van der Waals surface area contributed by atoms with Gasteiger partial charge >= 0.3 is 0 Å². The van der Waals surface area contributed by atoms with Crippen LogP contribution >= 0.6 is 15.9 Å². The molecule has 138 valence electrons. The van der Waals surface area contributed by atoms with Crippen LogP contribution in [-0.2, 0) is 11.1 Å². The van der Waals surface area contributed by atoms with Crippen LogP contribution in [0, 0.1) is 5.41 Å². The van der Waals surface area contributed by atoms with E-state index in [4.69, 9.17) is 4.52 Å². The monoisotopic (exact) mass is 419 g/mol. The van der Waals surface area contributed by atoms with Gasteiger partial charge in [0.15, 0.2) is 11.5 Å². The van der Waals surface area contributed by atoms with Gasteiger partial charge in [-0.2, -0.15) is 4.98 Å². The first-order valence-corrected chi connectivity index (χ1v) is 10.3. The van der Waals surface area contributed by atoms with Crippen LogP contribution in [0.1, 0.15) is 63.1 Å². The standard InChI is InChI=1S/C20H23BrFN3O/c21-14-2-1-3-15(12-14)23-13-18-4-7-19(8-5-18,9-6-18)16-24-17(26-25-16)20(22)10-11-20/h1-3,12,23H,4-11,13H2. The van der Waals surface area contributed by atoms with Crippen LogP contribution < -0.4 is 5.32 Å². The second-order valence-corrected chi connectivity index (χ2v) is 9.45. The van der Waals surface area contributed by atoms with Crippen LogP contribution in [-0.4, -0.2) is 16.7 Å². The molecule has 26 heavy (non-hydrogen) atoms. The van der Waals surface area contributed by atoms with Crippen molar-refractivity contribution >= 4 is 21.6 Å². The number of aromatic nitrogens is 2. The molecule has 2 aromatic rings. The molecule has 1 aromatic carbocycles. The minimum atomic E-state index is -1.33. The molecule has 4 aliphatic rings. The van der Waals surface area contributed by atoms with E-state index in [2.05, 4.69) is 49.6 Å². The van der Waals surface area contributed by atoms with Gasteiger partial charge in [0.05, 0.1) is 0 Å². The predicted octanol–water partition coefficient (Wildman–Crippen LogP) is 5.49. The normalized spacial score (nSPS) is 31.8. The number of nitrogens with one attached hydrogen (secondary N) is 1. The molecule has 4 aliphatic carbocycles. The highest BCUT2D eigenvalue weighted by Crippen LogP contribution is 2.57. The largest absolute Gasteiger partial charge is 0.384 e. The van der Waals surface area contributed by atoms with Gasteiger partial charge in [-0.3, -0.25) is 0 Å². The number of benzene rings is 1. The second kappa shape index (κ2) is 5.78. The number of halogens is 2. The molecule has 0 radical (unpaired) electrons. The van der Waals surface area contributed by atoms with E-state index in [0.717, 1.165) is 41.8 Å². The van der Waals surface area contributed by atoms with Gasteiger partial charge in [0.25, 0.3) is 5.89 Å². The molecule has 2 bridgehead atoms. The van der Waals surface area contributed by atoms with Gasteiger partial charge in [-0.05, 0) is 75.0 Å². The molecule has 6 rings (SSSR count). The Morgan fingerprint density at radius 1 is 1.08 bits per heavy atom. The lowest BCUT2D eigenvalue weighted by Gasteiger charge is -2.52. The summed E-state index contributed by atoms with van der Waals surface area (Å²) >= 11 is 3.53. The quantitative estimate of drug-likeness (QED) is 0.695. The van der Waals surface area contributed by atoms with Gasteiger partial charge in [0.1, 0.15) is 0 Å². The van der Waals surface area contributed by atoms with Crippen molar-refractivity contribution in [2.75, 3.05) is 11.9 Å². The van der Waals surface area contributed by atoms with Crippen molar-refractivity contribution in [3.8, 4) is 0 Å². The maximum atomic E-state index is 14.2. The maximum absolute atomic E-state index is 14.2. The molecule has 4 nitrogen and oxygen atoms in total. The van der Waals surface area contributed by atoms with Crippen LogP contribution in [0.25, 0.3) is 0 Å². The Bertz CT molecular complexity index is 807. The van der Waals surface area contributed by atoms with Crippen molar-refractivity contribution in [3.63, 3.8) is 0 Å². The zero-order valence-electron chi connectivity index (χ0n) is 14.7. The summed E-state index contributed by atoms with van der Waals surface area (Å²) < 4.78 is 20.6. The van der Waals surface area contributed by atoms with Crippen molar-refractivity contribution in [2.24, 2.45) is 5.41 Å². The molecule has 0 aliphatic heterocycles. The average molecular weight is 420 g/mol. The molecule has 1 heterocycles. The first-order valence-electron chi connectivity index (χ1n) is 9.54. The summed E-state index contributed by atoms with van der Waals surface area (Å²) in [6.45, 7) is 1.00. The maximum Gasteiger partial charge on any atom is 0.264 e. The molecular weight excluding hydrogens is 397 g/mol. The summed E-state index contributed by atoms with van der Waals surface area (Å²) in [5.41, 5.74) is 0.193. The van der Waals surface area contributed by atoms with Crippen molar-refractivity contribution in [1.82, 2.24) is 10.1 Å². The Hall–Kier alpha value is -1.43. The lowest BCUT2D eigenvalue weighted by atomic mass is 9.53. The van der Waals surface area contributed by atoms with E-state index in [9.17, 15) is 4.39 Å². The van der Waals surface area contributed by atoms with Crippen LogP contribution in [0.2, 0.25) is 0 Å². The molecule has 0 atom stereocenters. The summed E-state index contributed by atoms with van der Waals surface area (Å²) in [4.78, 5) is 4.49. The van der Waals surface area contributed by atoms with Crippen molar-refractivity contribution < 1.29 is 8.91 Å². The highest BCUT2D eigenvalue weighted by atomic mass is 79.9. The third kappa shape index (κ3) is 2.77. The molecule has 4 fully saturated rings. The number of anilines is 1. The van der Waals surface area contributed by atoms with E-state index in [1.807, 2.05) is 6.07 Å². The molecule has 0 spiro atoms. The first kappa shape index (κ1) is 16.7. The van der Waals surface area contributed by atoms with E-state index >= 15 is 0 Å². The molecule has 1 aromatic heterocycles. The van der Waals surface area contributed by atoms with Gasteiger partial charge < -0.3 is 9.84 Å². The van der Waals surface area contributed by atoms with E-state index in [1.165, 1.54) is 19.3 Å². The number of alkyl halides is 1. The molecule has 0 unspecified atom stereocenters. The van der Waals surface area contributed by atoms with Crippen molar-refractivity contribution in [1.29, 1.82) is 0 Å². The van der Waals surface area contributed by atoms with E-state index in [-0.39, 0.29) is 11.3 Å². The van der Waals surface area contributed by atoms with Gasteiger partial charge in [-0.15, -0.1) is 0 Å². The summed E-state index contributed by atoms with van der Waals surface area (Å²) in [5.74, 6) is 0.963. The summed E-state index contributed by atoms with van der Waals surface area (Å²) in [6.07, 6.45) is 7.76. The van der Waals surface area contributed by atoms with Gasteiger partial charge in [0, 0.05) is 22.1 Å². The molecular formula is C20H23BrFN3O. The highest BCUT2D eigenvalue weighted by Gasteiger charge is 2.54. The predicted molar refractivity (Wildman–Crippen MR) is 101 cm³/mol. The number of hydrogen-bond donors (Lipinski definition) is 1. The molecule has 0 saturated heterocycles. The van der Waals surface area contributed by atoms with Crippen LogP contribution in [0.3, 0.4) is 0 Å². The number of hydrogen-bond acceptors (Lipinski definition) is 4. The molecule has 6 heteroatoms. The minimum absolute atomic E-state index is 0.00449. The average Bonchev–Trinajstić information content (AvgIpc) is 3.21. The SMILES string of the molecule is FC1(c2nc(C34CCC(CNc5cccc(Br)c5)(CC3)CC4)no2)CC1. The third-order valence-corrected chi connectivity index (χ3v) is 7.36. The van der Waals surface area contributed by atoms with Crippen LogP contribution in [0.4, 0.5) is 10.1 Å². The highest BCUT2D eigenvalue weighted by molar-refractivity contribution is 9.10. The van der Waals surface area contributed by atoms with Gasteiger partial charge in [-0.1, -0.05) is 27.2 Å². The number of rotatable bonds is 5. The Kier molecular flexibility index (Phi) is 3.72. The fraction of sp³-hybridized carbons (Fsp3) is 0.600. The Morgan fingerprint density at radius 2 is 1.81 bits per heavy atom. The molecule has 1 N–H and O–H groups in total. The summed E-state index contributed by atoms with van der Waals surface area (Å²) in [6, 6.07) is 8.34. The number of nitrogens with zero attached hydrogens (tertiary/aromatic N) is 2. The van der Waals surface area contributed by atoms with Gasteiger partial charge in [0.2, 0.25) is 0 Å². The van der Waals surface area contributed by atoms with Gasteiger partial charge in [-0.25, -0.2) is 4.39 Å². The molecule has 4 saturated carbocycles. The van der Waals surface area contributed by atoms with E-state index in [0.29, 0.717) is 18.3 Å². The first-order chi connectivity index (χ1) is 12.5. The Balaban J connectivity index is 1.27. The third-order valence-electron chi connectivity index (χ3n) is 6.87. The molecule has 0 amide bonds. The fourth-order valence-electron chi connectivity index (χ4n) is 4.70. The van der Waals surface area contributed by atoms with Crippen LogP contribution in [0.15, 0.2) is 33.3 Å². The number of fused-ring (bicyclic) bond motifs is 3. The van der Waals surface area contributed by atoms with Crippen molar-refractivity contribution in [3.05, 3.63) is 40.5 Å². The van der Waals surface area contributed by atoms with E-state index in [1.54, 1.807) is 0 Å². The Labute approximate surface area is 161 Å². The minimum Gasteiger partial charge on any atom is -0.384 e. The lowest BCUT2D eigenvalue weighted by Crippen LogP contribution is -2.47. The summed E-state index contributed by atoms with van der Waals surface area (Å²) in [7, 11) is 0. The smallest absolute Gasteiger partial charge is 0.264 e. The lowest BCUT2D eigenvalue weighted by molar-refractivity contribution is 0.0445. The topological polar surface area (TPSA) is 51.0 Å². The second-order valence-electron chi connectivity index (χ2n) is 8.53.